The second-order valence-electron chi connectivity index (χ2n) is 4.10. The van der Waals surface area contributed by atoms with Gasteiger partial charge in [0.2, 0.25) is 5.88 Å². The molecule has 0 aliphatic heterocycles. The van der Waals surface area contributed by atoms with E-state index in [9.17, 15) is 0 Å². The monoisotopic (exact) mass is 254 g/mol. The summed E-state index contributed by atoms with van der Waals surface area (Å²) in [7, 11) is 0. The molecule has 19 heavy (non-hydrogen) atoms. The second-order valence-corrected chi connectivity index (χ2v) is 4.10. The standard InChI is InChI=1S/C15H14N2O2/c1-11-6-8-17-15(13(11)10-16)19-14-5-3-2-4-12(14)7-9-18/h2-6,8,18H,7,9H2,1H3. The van der Waals surface area contributed by atoms with Crippen LogP contribution in [-0.4, -0.2) is 16.7 Å². The average molecular weight is 254 g/mol. The quantitative estimate of drug-likeness (QED) is 0.910. The molecule has 0 bridgehead atoms. The van der Waals surface area contributed by atoms with Crippen LogP contribution in [0.2, 0.25) is 0 Å². The number of hydrogen-bond donors (Lipinski definition) is 1. The number of aromatic nitrogens is 1. The molecule has 4 heteroatoms. The summed E-state index contributed by atoms with van der Waals surface area (Å²) in [6.07, 6.45) is 2.12. The van der Waals surface area contributed by atoms with Crippen LogP contribution in [0.25, 0.3) is 0 Å². The predicted octanol–water partition coefficient (Wildman–Crippen LogP) is 2.59. The van der Waals surface area contributed by atoms with Crippen molar-refractivity contribution in [2.24, 2.45) is 0 Å². The van der Waals surface area contributed by atoms with Gasteiger partial charge in [-0.1, -0.05) is 18.2 Å². The van der Waals surface area contributed by atoms with Crippen LogP contribution in [-0.2, 0) is 6.42 Å². The van der Waals surface area contributed by atoms with E-state index in [0.29, 0.717) is 23.6 Å². The summed E-state index contributed by atoms with van der Waals surface area (Å²) >= 11 is 0. The molecule has 0 saturated heterocycles. The maximum absolute atomic E-state index is 9.14. The topological polar surface area (TPSA) is 66.1 Å². The average Bonchev–Trinajstić information content (AvgIpc) is 2.41. The molecule has 96 valence electrons. The first-order chi connectivity index (χ1) is 9.26. The molecule has 0 fully saturated rings. The minimum absolute atomic E-state index is 0.0483. The lowest BCUT2D eigenvalue weighted by Gasteiger charge is -2.11. The van der Waals surface area contributed by atoms with E-state index in [4.69, 9.17) is 15.1 Å². The molecule has 2 rings (SSSR count). The van der Waals surface area contributed by atoms with Crippen LogP contribution in [0.1, 0.15) is 16.7 Å². The van der Waals surface area contributed by atoms with Crippen molar-refractivity contribution < 1.29 is 9.84 Å². The highest BCUT2D eigenvalue weighted by Gasteiger charge is 2.11. The summed E-state index contributed by atoms with van der Waals surface area (Å²) in [6, 6.07) is 11.3. The Labute approximate surface area is 111 Å². The van der Waals surface area contributed by atoms with Crippen LogP contribution < -0.4 is 4.74 Å². The van der Waals surface area contributed by atoms with Crippen molar-refractivity contribution in [2.75, 3.05) is 6.61 Å². The number of aryl methyl sites for hydroxylation is 1. The molecule has 2 aromatic rings. The van der Waals surface area contributed by atoms with Gasteiger partial charge in [0, 0.05) is 12.8 Å². The van der Waals surface area contributed by atoms with Crippen molar-refractivity contribution in [3.8, 4) is 17.7 Å². The third kappa shape index (κ3) is 2.90. The van der Waals surface area contributed by atoms with Crippen LogP contribution in [0.15, 0.2) is 36.5 Å². The molecule has 0 aliphatic rings. The number of rotatable bonds is 4. The fourth-order valence-electron chi connectivity index (χ4n) is 1.78. The number of hydrogen-bond acceptors (Lipinski definition) is 4. The first-order valence-corrected chi connectivity index (χ1v) is 5.98. The van der Waals surface area contributed by atoms with Gasteiger partial charge in [0.25, 0.3) is 0 Å². The van der Waals surface area contributed by atoms with Crippen LogP contribution >= 0.6 is 0 Å². The number of aliphatic hydroxyl groups is 1. The molecule has 1 N–H and O–H groups in total. The van der Waals surface area contributed by atoms with Gasteiger partial charge in [-0.15, -0.1) is 0 Å². The lowest BCUT2D eigenvalue weighted by atomic mass is 10.1. The Morgan fingerprint density at radius 2 is 2.11 bits per heavy atom. The zero-order valence-corrected chi connectivity index (χ0v) is 10.6. The van der Waals surface area contributed by atoms with E-state index in [-0.39, 0.29) is 6.61 Å². The van der Waals surface area contributed by atoms with E-state index in [0.717, 1.165) is 11.1 Å². The molecule has 0 spiro atoms. The molecule has 4 nitrogen and oxygen atoms in total. The van der Waals surface area contributed by atoms with Gasteiger partial charge < -0.3 is 9.84 Å². The van der Waals surface area contributed by atoms with Crippen molar-refractivity contribution in [3.05, 3.63) is 53.2 Å². The SMILES string of the molecule is Cc1ccnc(Oc2ccccc2CCO)c1C#N. The molecule has 0 radical (unpaired) electrons. The summed E-state index contributed by atoms with van der Waals surface area (Å²) in [5.74, 6) is 0.916. The van der Waals surface area contributed by atoms with Crippen LogP contribution in [0.4, 0.5) is 0 Å². The summed E-state index contributed by atoms with van der Waals surface area (Å²) in [6.45, 7) is 1.89. The Morgan fingerprint density at radius 1 is 1.32 bits per heavy atom. The van der Waals surface area contributed by atoms with Gasteiger partial charge in [-0.3, -0.25) is 0 Å². The number of pyridine rings is 1. The third-order valence-corrected chi connectivity index (χ3v) is 2.80. The molecule has 0 saturated carbocycles. The number of aliphatic hydroxyl groups excluding tert-OH is 1. The van der Waals surface area contributed by atoms with Gasteiger partial charge in [0.15, 0.2) is 0 Å². The van der Waals surface area contributed by atoms with E-state index in [2.05, 4.69) is 11.1 Å². The van der Waals surface area contributed by atoms with Crippen molar-refractivity contribution in [1.29, 1.82) is 5.26 Å². The van der Waals surface area contributed by atoms with Gasteiger partial charge in [0.05, 0.1) is 0 Å². The maximum Gasteiger partial charge on any atom is 0.237 e. The Balaban J connectivity index is 2.37. The molecule has 0 unspecified atom stereocenters. The van der Waals surface area contributed by atoms with E-state index in [1.54, 1.807) is 18.3 Å². The first-order valence-electron chi connectivity index (χ1n) is 5.98. The smallest absolute Gasteiger partial charge is 0.237 e. The Bertz CT molecular complexity index is 618. The zero-order chi connectivity index (χ0) is 13.7. The molecular weight excluding hydrogens is 240 g/mol. The molecule has 1 aromatic heterocycles. The van der Waals surface area contributed by atoms with Crippen molar-refractivity contribution in [2.45, 2.75) is 13.3 Å². The maximum atomic E-state index is 9.14. The number of nitrogens with zero attached hydrogens (tertiary/aromatic N) is 2. The summed E-state index contributed by atoms with van der Waals surface area (Å²) in [5.41, 5.74) is 2.14. The van der Waals surface area contributed by atoms with Gasteiger partial charge in [-0.25, -0.2) is 4.98 Å². The van der Waals surface area contributed by atoms with Crippen LogP contribution in [0, 0.1) is 18.3 Å². The zero-order valence-electron chi connectivity index (χ0n) is 10.6. The van der Waals surface area contributed by atoms with Gasteiger partial charge in [-0.2, -0.15) is 5.26 Å². The molecule has 0 aliphatic carbocycles. The number of ether oxygens (including phenoxy) is 1. The predicted molar refractivity (Wildman–Crippen MR) is 71.0 cm³/mol. The Hall–Kier alpha value is -2.38. The van der Waals surface area contributed by atoms with E-state index in [1.807, 2.05) is 25.1 Å². The third-order valence-electron chi connectivity index (χ3n) is 2.80. The number of para-hydroxylation sites is 1. The van der Waals surface area contributed by atoms with Gasteiger partial charge in [-0.05, 0) is 36.6 Å². The lowest BCUT2D eigenvalue weighted by Crippen LogP contribution is -1.98. The van der Waals surface area contributed by atoms with E-state index < -0.39 is 0 Å². The van der Waals surface area contributed by atoms with Gasteiger partial charge >= 0.3 is 0 Å². The summed E-state index contributed by atoms with van der Waals surface area (Å²) in [5, 5.41) is 18.2. The second kappa shape index (κ2) is 5.98. The number of benzene rings is 1. The highest BCUT2D eigenvalue weighted by atomic mass is 16.5. The van der Waals surface area contributed by atoms with Crippen molar-refractivity contribution in [3.63, 3.8) is 0 Å². The number of nitriles is 1. The highest BCUT2D eigenvalue weighted by Crippen LogP contribution is 2.27. The van der Waals surface area contributed by atoms with Crippen molar-refractivity contribution >= 4 is 0 Å². The van der Waals surface area contributed by atoms with Crippen molar-refractivity contribution in [1.82, 2.24) is 4.98 Å². The summed E-state index contributed by atoms with van der Waals surface area (Å²) < 4.78 is 5.72. The minimum Gasteiger partial charge on any atom is -0.437 e. The fraction of sp³-hybridized carbons (Fsp3) is 0.200. The highest BCUT2D eigenvalue weighted by molar-refractivity contribution is 5.46. The fourth-order valence-corrected chi connectivity index (χ4v) is 1.78. The molecule has 0 amide bonds. The molecule has 0 atom stereocenters. The Morgan fingerprint density at radius 3 is 2.84 bits per heavy atom. The summed E-state index contributed by atoms with van der Waals surface area (Å²) in [4.78, 5) is 4.10. The van der Waals surface area contributed by atoms with Crippen LogP contribution in [0.3, 0.4) is 0 Å². The molecular formula is C15H14N2O2. The van der Waals surface area contributed by atoms with Gasteiger partial charge in [0.1, 0.15) is 17.4 Å². The first kappa shape index (κ1) is 13.1. The van der Waals surface area contributed by atoms with E-state index >= 15 is 0 Å². The minimum atomic E-state index is 0.0483. The molecule has 1 heterocycles. The molecule has 1 aromatic carbocycles. The largest absolute Gasteiger partial charge is 0.437 e. The lowest BCUT2D eigenvalue weighted by molar-refractivity contribution is 0.297. The Kier molecular flexibility index (Phi) is 4.11. The normalized spacial score (nSPS) is 9.95. The van der Waals surface area contributed by atoms with Crippen LogP contribution in [0.5, 0.6) is 11.6 Å². The van der Waals surface area contributed by atoms with E-state index in [1.165, 1.54) is 0 Å².